The molecule has 0 atom stereocenters. The van der Waals surface area contributed by atoms with E-state index in [9.17, 15) is 10.1 Å². The number of rotatable bonds is 6. The minimum Gasteiger partial charge on any atom is -0.380 e. The van der Waals surface area contributed by atoms with Gasteiger partial charge in [-0.2, -0.15) is 4.98 Å². The van der Waals surface area contributed by atoms with Crippen molar-refractivity contribution in [2.24, 2.45) is 0 Å². The zero-order valence-electron chi connectivity index (χ0n) is 13.1. The second-order valence-corrected chi connectivity index (χ2v) is 5.20. The molecule has 0 aliphatic rings. The Morgan fingerprint density at radius 3 is 2.67 bits per heavy atom. The summed E-state index contributed by atoms with van der Waals surface area (Å²) in [6.45, 7) is 2.66. The molecule has 1 N–H and O–H groups in total. The van der Waals surface area contributed by atoms with Crippen molar-refractivity contribution in [3.63, 3.8) is 0 Å². The molecule has 0 fully saturated rings. The minimum absolute atomic E-state index is 0.0135. The van der Waals surface area contributed by atoms with E-state index in [1.54, 1.807) is 12.1 Å². The molecule has 0 amide bonds. The topological polar surface area (TPSA) is 94.1 Å². The molecule has 2 aromatic carbocycles. The zero-order chi connectivity index (χ0) is 16.9. The summed E-state index contributed by atoms with van der Waals surface area (Å²) in [4.78, 5) is 15.2. The maximum Gasteiger partial charge on any atom is 0.293 e. The number of nitro groups is 1. The monoisotopic (exact) mass is 324 g/mol. The third-order valence-corrected chi connectivity index (χ3v) is 3.46. The van der Waals surface area contributed by atoms with Crippen molar-refractivity contribution in [1.29, 1.82) is 0 Å². The van der Waals surface area contributed by atoms with Crippen LogP contribution in [0.3, 0.4) is 0 Å². The smallest absolute Gasteiger partial charge is 0.293 e. The van der Waals surface area contributed by atoms with Crippen molar-refractivity contribution in [2.45, 2.75) is 13.3 Å². The molecule has 3 aromatic rings. The molecule has 0 spiro atoms. The highest BCUT2D eigenvalue weighted by Gasteiger charge is 2.18. The molecule has 0 radical (unpaired) electrons. The summed E-state index contributed by atoms with van der Waals surface area (Å²) in [5.41, 5.74) is 1.80. The Hall–Kier alpha value is -3.22. The van der Waals surface area contributed by atoms with Gasteiger partial charge in [-0.25, -0.2) is 0 Å². The van der Waals surface area contributed by atoms with Gasteiger partial charge in [-0.1, -0.05) is 42.4 Å². The number of nitro benzene ring substituents is 1. The van der Waals surface area contributed by atoms with Crippen molar-refractivity contribution in [3.05, 3.63) is 58.6 Å². The lowest BCUT2D eigenvalue weighted by Gasteiger charge is -2.06. The van der Waals surface area contributed by atoms with Gasteiger partial charge in [-0.3, -0.25) is 10.1 Å². The van der Waals surface area contributed by atoms with Crippen LogP contribution in [-0.4, -0.2) is 21.6 Å². The number of anilines is 1. The third kappa shape index (κ3) is 3.24. The molecular weight excluding hydrogens is 308 g/mol. The summed E-state index contributed by atoms with van der Waals surface area (Å²) in [5, 5.41) is 18.3. The summed E-state index contributed by atoms with van der Waals surface area (Å²) in [5.74, 6) is 0.695. The van der Waals surface area contributed by atoms with Gasteiger partial charge in [0.15, 0.2) is 0 Å². The molecule has 0 unspecified atom stereocenters. The zero-order valence-corrected chi connectivity index (χ0v) is 13.1. The standard InChI is InChI=1S/C17H16N4O3/c1-2-10-18-14-9-8-13(11-15(14)21(22)23)17-19-16(20-24-17)12-6-4-3-5-7-12/h3-9,11,18H,2,10H2,1H3. The number of nitrogens with one attached hydrogen (secondary N) is 1. The first-order valence-corrected chi connectivity index (χ1v) is 7.61. The average Bonchev–Trinajstić information content (AvgIpc) is 3.10. The summed E-state index contributed by atoms with van der Waals surface area (Å²) in [7, 11) is 0. The molecule has 0 aliphatic heterocycles. The Morgan fingerprint density at radius 2 is 1.96 bits per heavy atom. The summed E-state index contributed by atoms with van der Waals surface area (Å²) < 4.78 is 5.26. The SMILES string of the molecule is CCCNc1ccc(-c2nc(-c3ccccc3)no2)cc1[N+](=O)[O-]. The van der Waals surface area contributed by atoms with E-state index in [1.165, 1.54) is 6.07 Å². The van der Waals surface area contributed by atoms with E-state index in [1.807, 2.05) is 37.3 Å². The van der Waals surface area contributed by atoms with Crippen molar-refractivity contribution in [3.8, 4) is 22.8 Å². The van der Waals surface area contributed by atoms with Crippen molar-refractivity contribution in [2.75, 3.05) is 11.9 Å². The summed E-state index contributed by atoms with van der Waals surface area (Å²) >= 11 is 0. The van der Waals surface area contributed by atoms with Crippen LogP contribution in [0.5, 0.6) is 0 Å². The molecule has 3 rings (SSSR count). The van der Waals surface area contributed by atoms with Crippen LogP contribution in [0.25, 0.3) is 22.8 Å². The third-order valence-electron chi connectivity index (χ3n) is 3.46. The fourth-order valence-corrected chi connectivity index (χ4v) is 2.27. The Morgan fingerprint density at radius 1 is 1.17 bits per heavy atom. The number of benzene rings is 2. The molecule has 1 heterocycles. The molecule has 24 heavy (non-hydrogen) atoms. The van der Waals surface area contributed by atoms with Crippen molar-refractivity contribution in [1.82, 2.24) is 10.1 Å². The first kappa shape index (κ1) is 15.7. The second kappa shape index (κ2) is 6.91. The molecular formula is C17H16N4O3. The van der Waals surface area contributed by atoms with E-state index < -0.39 is 4.92 Å². The van der Waals surface area contributed by atoms with Crippen LogP contribution in [0.2, 0.25) is 0 Å². The van der Waals surface area contributed by atoms with Crippen LogP contribution in [-0.2, 0) is 0 Å². The molecule has 0 bridgehead atoms. The molecule has 0 saturated heterocycles. The average molecular weight is 324 g/mol. The molecule has 7 heteroatoms. The molecule has 0 saturated carbocycles. The Balaban J connectivity index is 1.94. The van der Waals surface area contributed by atoms with Crippen LogP contribution >= 0.6 is 0 Å². The predicted molar refractivity (Wildman–Crippen MR) is 90.6 cm³/mol. The Bertz CT molecular complexity index is 846. The van der Waals surface area contributed by atoms with Gasteiger partial charge in [0, 0.05) is 23.7 Å². The Labute approximate surface area is 138 Å². The van der Waals surface area contributed by atoms with Crippen LogP contribution in [0, 0.1) is 10.1 Å². The maximum absolute atomic E-state index is 11.3. The number of hydrogen-bond acceptors (Lipinski definition) is 6. The highest BCUT2D eigenvalue weighted by atomic mass is 16.6. The number of hydrogen-bond donors (Lipinski definition) is 1. The minimum atomic E-state index is -0.421. The van der Waals surface area contributed by atoms with E-state index in [4.69, 9.17) is 4.52 Å². The van der Waals surface area contributed by atoms with E-state index in [-0.39, 0.29) is 11.6 Å². The number of nitrogens with zero attached hydrogens (tertiary/aromatic N) is 3. The van der Waals surface area contributed by atoms with Gasteiger partial charge < -0.3 is 9.84 Å². The van der Waals surface area contributed by atoms with Gasteiger partial charge in [-0.05, 0) is 18.6 Å². The lowest BCUT2D eigenvalue weighted by Crippen LogP contribution is -2.03. The molecule has 7 nitrogen and oxygen atoms in total. The van der Waals surface area contributed by atoms with Crippen molar-refractivity contribution >= 4 is 11.4 Å². The van der Waals surface area contributed by atoms with Gasteiger partial charge in [0.2, 0.25) is 5.82 Å². The normalized spacial score (nSPS) is 10.5. The maximum atomic E-state index is 11.3. The highest BCUT2D eigenvalue weighted by Crippen LogP contribution is 2.30. The molecule has 1 aromatic heterocycles. The van der Waals surface area contributed by atoms with Gasteiger partial charge in [0.1, 0.15) is 5.69 Å². The first-order valence-electron chi connectivity index (χ1n) is 7.61. The van der Waals surface area contributed by atoms with Gasteiger partial charge in [0.25, 0.3) is 11.6 Å². The molecule has 122 valence electrons. The largest absolute Gasteiger partial charge is 0.380 e. The van der Waals surface area contributed by atoms with Crippen LogP contribution in [0.4, 0.5) is 11.4 Å². The van der Waals surface area contributed by atoms with Crippen LogP contribution in [0.15, 0.2) is 53.1 Å². The lowest BCUT2D eigenvalue weighted by atomic mass is 10.1. The van der Waals surface area contributed by atoms with Crippen LogP contribution in [0.1, 0.15) is 13.3 Å². The molecule has 0 aliphatic carbocycles. The van der Waals surface area contributed by atoms with Gasteiger partial charge in [0.05, 0.1) is 4.92 Å². The van der Waals surface area contributed by atoms with E-state index in [0.29, 0.717) is 23.6 Å². The number of aromatic nitrogens is 2. The van der Waals surface area contributed by atoms with E-state index in [2.05, 4.69) is 15.5 Å². The fraction of sp³-hybridized carbons (Fsp3) is 0.176. The van der Waals surface area contributed by atoms with E-state index in [0.717, 1.165) is 12.0 Å². The fourth-order valence-electron chi connectivity index (χ4n) is 2.27. The highest BCUT2D eigenvalue weighted by molar-refractivity contribution is 5.70. The second-order valence-electron chi connectivity index (χ2n) is 5.20. The van der Waals surface area contributed by atoms with Crippen LogP contribution < -0.4 is 5.32 Å². The predicted octanol–water partition coefficient (Wildman–Crippen LogP) is 4.13. The first-order chi connectivity index (χ1) is 11.7. The summed E-state index contributed by atoms with van der Waals surface area (Å²) in [6.07, 6.45) is 0.878. The quantitative estimate of drug-likeness (QED) is 0.541. The van der Waals surface area contributed by atoms with Gasteiger partial charge >= 0.3 is 0 Å². The lowest BCUT2D eigenvalue weighted by molar-refractivity contribution is -0.383. The Kier molecular flexibility index (Phi) is 4.51. The van der Waals surface area contributed by atoms with E-state index >= 15 is 0 Å². The summed E-state index contributed by atoms with van der Waals surface area (Å²) in [6, 6.07) is 14.2. The van der Waals surface area contributed by atoms with Gasteiger partial charge in [-0.15, -0.1) is 0 Å². The van der Waals surface area contributed by atoms with Crippen molar-refractivity contribution < 1.29 is 9.45 Å².